The van der Waals surface area contributed by atoms with Crippen LogP contribution in [0.5, 0.6) is 0 Å². The first-order valence-corrected chi connectivity index (χ1v) is 5.78. The van der Waals surface area contributed by atoms with Crippen LogP contribution in [0.4, 0.5) is 0 Å². The number of hydrogen-bond donors (Lipinski definition) is 2. The number of hydrogen-bond acceptors (Lipinski definition) is 2. The van der Waals surface area contributed by atoms with Crippen molar-refractivity contribution in [2.75, 3.05) is 26.3 Å². The summed E-state index contributed by atoms with van der Waals surface area (Å²) in [4.78, 5) is 4.38. The maximum Gasteiger partial charge on any atom is 0.188 e. The average Bonchev–Trinajstić information content (AvgIpc) is 2.25. The van der Waals surface area contributed by atoms with E-state index in [-0.39, 0.29) is 29.4 Å². The second kappa shape index (κ2) is 7.92. The van der Waals surface area contributed by atoms with Crippen molar-refractivity contribution in [3.8, 4) is 0 Å². The van der Waals surface area contributed by atoms with Crippen molar-refractivity contribution in [3.63, 3.8) is 0 Å². The molecule has 0 aromatic rings. The van der Waals surface area contributed by atoms with Gasteiger partial charge in [-0.1, -0.05) is 19.1 Å². The zero-order valence-electron chi connectivity index (χ0n) is 10.8. The maximum absolute atomic E-state index is 5.76. The smallest absolute Gasteiger partial charge is 0.188 e. The van der Waals surface area contributed by atoms with Gasteiger partial charge in [0.2, 0.25) is 0 Å². The first-order valence-electron chi connectivity index (χ1n) is 5.78. The van der Waals surface area contributed by atoms with Crippen LogP contribution in [-0.2, 0) is 4.74 Å². The second-order valence-electron chi connectivity index (χ2n) is 4.94. The normalized spacial score (nSPS) is 19.3. The zero-order chi connectivity index (χ0) is 12.0. The minimum atomic E-state index is 0. The average molecular weight is 353 g/mol. The highest BCUT2D eigenvalue weighted by Crippen LogP contribution is 2.29. The Morgan fingerprint density at radius 1 is 1.47 bits per heavy atom. The summed E-state index contributed by atoms with van der Waals surface area (Å²) >= 11 is 0. The van der Waals surface area contributed by atoms with Crippen molar-refractivity contribution in [1.82, 2.24) is 5.32 Å². The van der Waals surface area contributed by atoms with Crippen LogP contribution in [0.15, 0.2) is 17.1 Å². The summed E-state index contributed by atoms with van der Waals surface area (Å²) in [6.45, 7) is 11.1. The molecule has 17 heavy (non-hydrogen) atoms. The molecule has 0 aliphatic carbocycles. The van der Waals surface area contributed by atoms with Gasteiger partial charge in [0.15, 0.2) is 5.96 Å². The molecule has 5 heteroatoms. The first kappa shape index (κ1) is 16.7. The van der Waals surface area contributed by atoms with Crippen molar-refractivity contribution < 1.29 is 4.74 Å². The molecule has 0 amide bonds. The van der Waals surface area contributed by atoms with Gasteiger partial charge in [0.05, 0.1) is 0 Å². The van der Waals surface area contributed by atoms with Gasteiger partial charge in [0, 0.05) is 26.3 Å². The van der Waals surface area contributed by atoms with Crippen LogP contribution >= 0.6 is 24.0 Å². The van der Waals surface area contributed by atoms with Gasteiger partial charge in [-0.25, -0.2) is 0 Å². The molecule has 0 aromatic heterocycles. The van der Waals surface area contributed by atoms with Crippen LogP contribution in [0.1, 0.15) is 26.7 Å². The summed E-state index contributed by atoms with van der Waals surface area (Å²) < 4.78 is 5.34. The fourth-order valence-electron chi connectivity index (χ4n) is 1.60. The fourth-order valence-corrected chi connectivity index (χ4v) is 1.60. The lowest BCUT2D eigenvalue weighted by Gasteiger charge is -2.31. The summed E-state index contributed by atoms with van der Waals surface area (Å²) in [6.07, 6.45) is 2.12. The summed E-state index contributed by atoms with van der Waals surface area (Å²) in [5.74, 6) is 0.510. The van der Waals surface area contributed by atoms with E-state index < -0.39 is 0 Å². The lowest BCUT2D eigenvalue weighted by molar-refractivity contribution is 0.0283. The van der Waals surface area contributed by atoms with E-state index in [1.807, 2.05) is 6.92 Å². The number of guanidine groups is 1. The van der Waals surface area contributed by atoms with Gasteiger partial charge >= 0.3 is 0 Å². The highest BCUT2D eigenvalue weighted by Gasteiger charge is 2.26. The summed E-state index contributed by atoms with van der Waals surface area (Å²) in [5, 5.41) is 3.04. The molecule has 1 heterocycles. The Morgan fingerprint density at radius 2 is 2.06 bits per heavy atom. The van der Waals surface area contributed by atoms with E-state index in [2.05, 4.69) is 23.8 Å². The number of nitrogens with one attached hydrogen (secondary N) is 1. The predicted octanol–water partition coefficient (Wildman–Crippen LogP) is 1.90. The van der Waals surface area contributed by atoms with E-state index in [4.69, 9.17) is 10.5 Å². The molecule has 0 bridgehead atoms. The second-order valence-corrected chi connectivity index (χ2v) is 4.94. The molecule has 1 fully saturated rings. The van der Waals surface area contributed by atoms with E-state index in [1.54, 1.807) is 0 Å². The summed E-state index contributed by atoms with van der Waals surface area (Å²) in [5.41, 5.74) is 7.06. The molecule has 0 spiro atoms. The van der Waals surface area contributed by atoms with Crippen LogP contribution in [0, 0.1) is 5.41 Å². The van der Waals surface area contributed by atoms with Gasteiger partial charge < -0.3 is 15.8 Å². The van der Waals surface area contributed by atoms with Crippen LogP contribution in [0.2, 0.25) is 0 Å². The van der Waals surface area contributed by atoms with Gasteiger partial charge in [-0.3, -0.25) is 4.99 Å². The first-order chi connectivity index (χ1) is 7.52. The Hall–Kier alpha value is -0.300. The SMILES string of the molecule is C=C(C)CNC(N)=NCC1(C)CCOCC1.I. The third-order valence-corrected chi connectivity index (χ3v) is 2.90. The largest absolute Gasteiger partial charge is 0.381 e. The zero-order valence-corrected chi connectivity index (χ0v) is 13.1. The van der Waals surface area contributed by atoms with Gasteiger partial charge in [0.1, 0.15) is 0 Å². The van der Waals surface area contributed by atoms with Crippen molar-refractivity contribution >= 4 is 29.9 Å². The Morgan fingerprint density at radius 3 is 2.59 bits per heavy atom. The molecule has 1 aliphatic heterocycles. The molecule has 0 radical (unpaired) electrons. The van der Waals surface area contributed by atoms with Crippen molar-refractivity contribution in [1.29, 1.82) is 0 Å². The number of nitrogens with zero attached hydrogens (tertiary/aromatic N) is 1. The molecular weight excluding hydrogens is 329 g/mol. The van der Waals surface area contributed by atoms with Crippen molar-refractivity contribution in [2.24, 2.45) is 16.1 Å². The molecule has 3 N–H and O–H groups in total. The lowest BCUT2D eigenvalue weighted by Crippen LogP contribution is -2.35. The highest BCUT2D eigenvalue weighted by atomic mass is 127. The molecule has 1 rings (SSSR count). The molecule has 0 saturated carbocycles. The van der Waals surface area contributed by atoms with E-state index in [0.717, 1.165) is 38.2 Å². The molecular formula is C12H24IN3O. The maximum atomic E-state index is 5.76. The minimum Gasteiger partial charge on any atom is -0.381 e. The highest BCUT2D eigenvalue weighted by molar-refractivity contribution is 14.0. The Labute approximate surface area is 121 Å². The van der Waals surface area contributed by atoms with E-state index in [9.17, 15) is 0 Å². The predicted molar refractivity (Wildman–Crippen MR) is 82.9 cm³/mol. The Kier molecular flexibility index (Phi) is 7.78. The van der Waals surface area contributed by atoms with Crippen molar-refractivity contribution in [2.45, 2.75) is 26.7 Å². The van der Waals surface area contributed by atoms with Crippen LogP contribution in [-0.4, -0.2) is 32.3 Å². The quantitative estimate of drug-likeness (QED) is 0.351. The Balaban J connectivity index is 0.00000256. The number of aliphatic imine (C=N–C) groups is 1. The third kappa shape index (κ3) is 6.88. The fraction of sp³-hybridized carbons (Fsp3) is 0.750. The monoisotopic (exact) mass is 353 g/mol. The topological polar surface area (TPSA) is 59.6 Å². The molecule has 0 atom stereocenters. The third-order valence-electron chi connectivity index (χ3n) is 2.90. The van der Waals surface area contributed by atoms with Gasteiger partial charge in [-0.15, -0.1) is 24.0 Å². The standard InChI is InChI=1S/C12H23N3O.HI/c1-10(2)8-14-11(13)15-9-12(3)4-6-16-7-5-12;/h1,4-9H2,2-3H3,(H3,13,14,15);1H. The van der Waals surface area contributed by atoms with Crippen LogP contribution < -0.4 is 11.1 Å². The minimum absolute atomic E-state index is 0. The number of halogens is 1. The van der Waals surface area contributed by atoms with E-state index in [1.165, 1.54) is 0 Å². The van der Waals surface area contributed by atoms with Gasteiger partial charge in [-0.05, 0) is 25.2 Å². The van der Waals surface area contributed by atoms with Crippen LogP contribution in [0.3, 0.4) is 0 Å². The molecule has 0 unspecified atom stereocenters. The van der Waals surface area contributed by atoms with Gasteiger partial charge in [-0.2, -0.15) is 0 Å². The van der Waals surface area contributed by atoms with Crippen LogP contribution in [0.25, 0.3) is 0 Å². The number of nitrogens with two attached hydrogens (primary N) is 1. The summed E-state index contributed by atoms with van der Waals surface area (Å²) in [6, 6.07) is 0. The molecule has 1 aliphatic rings. The molecule has 4 nitrogen and oxygen atoms in total. The molecule has 100 valence electrons. The molecule has 1 saturated heterocycles. The molecule has 0 aromatic carbocycles. The lowest BCUT2D eigenvalue weighted by atomic mass is 9.83. The number of rotatable bonds is 4. The Bertz CT molecular complexity index is 273. The van der Waals surface area contributed by atoms with E-state index >= 15 is 0 Å². The van der Waals surface area contributed by atoms with E-state index in [0.29, 0.717) is 12.5 Å². The summed E-state index contributed by atoms with van der Waals surface area (Å²) in [7, 11) is 0. The van der Waals surface area contributed by atoms with Gasteiger partial charge in [0.25, 0.3) is 0 Å². The number of ether oxygens (including phenoxy) is 1. The van der Waals surface area contributed by atoms with Crippen molar-refractivity contribution in [3.05, 3.63) is 12.2 Å².